The second-order valence-corrected chi connectivity index (χ2v) is 5.06. The molecule has 0 saturated carbocycles. The Morgan fingerprint density at radius 1 is 1.12 bits per heavy atom. The van der Waals surface area contributed by atoms with Gasteiger partial charge in [0.25, 0.3) is 0 Å². The number of aliphatic hydroxyl groups excluding tert-OH is 2. The molecule has 1 atom stereocenters. The summed E-state index contributed by atoms with van der Waals surface area (Å²) in [5, 5.41) is 18.2. The summed E-state index contributed by atoms with van der Waals surface area (Å²) < 4.78 is 0. The minimum Gasteiger partial charge on any atom is -0.396 e. The fourth-order valence-electron chi connectivity index (χ4n) is 2.46. The third-order valence-electron chi connectivity index (χ3n) is 3.70. The van der Waals surface area contributed by atoms with Crippen LogP contribution in [0.25, 0.3) is 0 Å². The lowest BCUT2D eigenvalue weighted by Gasteiger charge is -2.33. The molecule has 0 aliphatic carbocycles. The lowest BCUT2D eigenvalue weighted by Crippen LogP contribution is -2.37. The van der Waals surface area contributed by atoms with E-state index >= 15 is 0 Å². The molecule has 1 unspecified atom stereocenters. The summed E-state index contributed by atoms with van der Waals surface area (Å²) in [6.45, 7) is 5.73. The molecule has 1 aliphatic heterocycles. The summed E-state index contributed by atoms with van der Waals surface area (Å²) >= 11 is 0. The molecule has 0 radical (unpaired) electrons. The van der Waals surface area contributed by atoms with Crippen molar-refractivity contribution in [3.05, 3.63) is 0 Å². The highest BCUT2D eigenvalue weighted by Crippen LogP contribution is 2.20. The topological polar surface area (TPSA) is 43.7 Å². The fourth-order valence-corrected chi connectivity index (χ4v) is 2.46. The van der Waals surface area contributed by atoms with Crippen LogP contribution in [-0.4, -0.2) is 47.5 Å². The van der Waals surface area contributed by atoms with Gasteiger partial charge < -0.3 is 15.1 Å². The van der Waals surface area contributed by atoms with E-state index in [2.05, 4.69) is 4.90 Å². The van der Waals surface area contributed by atoms with Gasteiger partial charge in [-0.05, 0) is 58.2 Å². The molecule has 0 bridgehead atoms. The number of hydrogen-bond donors (Lipinski definition) is 2. The SMILES string of the molecule is CC(O)C1CCN(CCCCCCO)CC1. The van der Waals surface area contributed by atoms with E-state index in [4.69, 9.17) is 5.11 Å². The predicted octanol–water partition coefficient (Wildman–Crippen LogP) is 1.63. The summed E-state index contributed by atoms with van der Waals surface area (Å²) in [4.78, 5) is 2.51. The second kappa shape index (κ2) is 8.04. The fraction of sp³-hybridized carbons (Fsp3) is 1.00. The first kappa shape index (κ1) is 13.9. The first-order chi connectivity index (χ1) is 7.74. The van der Waals surface area contributed by atoms with Crippen LogP contribution in [0.1, 0.15) is 45.4 Å². The van der Waals surface area contributed by atoms with Crippen LogP contribution >= 0.6 is 0 Å². The highest BCUT2D eigenvalue weighted by molar-refractivity contribution is 4.75. The largest absolute Gasteiger partial charge is 0.396 e. The summed E-state index contributed by atoms with van der Waals surface area (Å²) in [5.41, 5.74) is 0. The molecule has 0 aromatic carbocycles. The van der Waals surface area contributed by atoms with Crippen LogP contribution in [0.2, 0.25) is 0 Å². The molecule has 1 saturated heterocycles. The Labute approximate surface area is 99.5 Å². The van der Waals surface area contributed by atoms with Crippen molar-refractivity contribution in [3.8, 4) is 0 Å². The molecule has 0 aromatic rings. The number of hydrogen-bond acceptors (Lipinski definition) is 3. The molecule has 0 spiro atoms. The molecular formula is C13H27NO2. The Hall–Kier alpha value is -0.120. The first-order valence-electron chi connectivity index (χ1n) is 6.75. The van der Waals surface area contributed by atoms with E-state index in [1.54, 1.807) is 0 Å². The molecule has 3 heteroatoms. The van der Waals surface area contributed by atoms with Crippen molar-refractivity contribution >= 4 is 0 Å². The van der Waals surface area contributed by atoms with Gasteiger partial charge in [-0.1, -0.05) is 12.8 Å². The van der Waals surface area contributed by atoms with Crippen molar-refractivity contribution in [1.82, 2.24) is 4.90 Å². The van der Waals surface area contributed by atoms with E-state index in [9.17, 15) is 5.11 Å². The molecule has 1 rings (SSSR count). The van der Waals surface area contributed by atoms with Crippen LogP contribution in [0.5, 0.6) is 0 Å². The zero-order chi connectivity index (χ0) is 11.8. The van der Waals surface area contributed by atoms with Crippen molar-refractivity contribution in [3.63, 3.8) is 0 Å². The molecular weight excluding hydrogens is 202 g/mol. The lowest BCUT2D eigenvalue weighted by molar-refractivity contribution is 0.0713. The second-order valence-electron chi connectivity index (χ2n) is 5.06. The maximum Gasteiger partial charge on any atom is 0.0541 e. The van der Waals surface area contributed by atoms with Crippen molar-refractivity contribution in [2.75, 3.05) is 26.2 Å². The molecule has 1 heterocycles. The van der Waals surface area contributed by atoms with Crippen molar-refractivity contribution < 1.29 is 10.2 Å². The third-order valence-corrected chi connectivity index (χ3v) is 3.70. The van der Waals surface area contributed by atoms with Crippen LogP contribution in [-0.2, 0) is 0 Å². The number of nitrogens with zero attached hydrogens (tertiary/aromatic N) is 1. The number of rotatable bonds is 7. The monoisotopic (exact) mass is 229 g/mol. The average Bonchev–Trinajstić information content (AvgIpc) is 2.29. The summed E-state index contributed by atoms with van der Waals surface area (Å²) in [7, 11) is 0. The molecule has 16 heavy (non-hydrogen) atoms. The quantitative estimate of drug-likeness (QED) is 0.652. The standard InChI is InChI=1S/C13H27NO2/c1-12(16)13-6-9-14(10-7-13)8-4-2-3-5-11-15/h12-13,15-16H,2-11H2,1H3. The van der Waals surface area contributed by atoms with Crippen LogP contribution < -0.4 is 0 Å². The van der Waals surface area contributed by atoms with E-state index in [-0.39, 0.29) is 6.10 Å². The third kappa shape index (κ3) is 5.28. The normalized spacial score (nSPS) is 21.2. The van der Waals surface area contributed by atoms with Gasteiger partial charge in [-0.2, -0.15) is 0 Å². The van der Waals surface area contributed by atoms with Crippen LogP contribution in [0.3, 0.4) is 0 Å². The van der Waals surface area contributed by atoms with E-state index in [0.717, 1.165) is 38.8 Å². The summed E-state index contributed by atoms with van der Waals surface area (Å²) in [6.07, 6.45) is 6.75. The minimum absolute atomic E-state index is 0.133. The zero-order valence-corrected chi connectivity index (χ0v) is 10.6. The van der Waals surface area contributed by atoms with Gasteiger partial charge in [-0.15, -0.1) is 0 Å². The van der Waals surface area contributed by atoms with E-state index < -0.39 is 0 Å². The molecule has 2 N–H and O–H groups in total. The molecule has 1 aliphatic rings. The highest BCUT2D eigenvalue weighted by atomic mass is 16.3. The minimum atomic E-state index is -0.133. The Kier molecular flexibility index (Phi) is 7.01. The smallest absolute Gasteiger partial charge is 0.0541 e. The van der Waals surface area contributed by atoms with Gasteiger partial charge in [-0.25, -0.2) is 0 Å². The number of piperidine rings is 1. The Bertz CT molecular complexity index is 165. The van der Waals surface area contributed by atoms with E-state index in [1.165, 1.54) is 19.4 Å². The first-order valence-corrected chi connectivity index (χ1v) is 6.75. The maximum atomic E-state index is 9.49. The van der Waals surface area contributed by atoms with E-state index in [1.807, 2.05) is 6.92 Å². The van der Waals surface area contributed by atoms with Gasteiger partial charge in [0.2, 0.25) is 0 Å². The molecule has 0 aromatic heterocycles. The van der Waals surface area contributed by atoms with Gasteiger partial charge in [0.15, 0.2) is 0 Å². The maximum absolute atomic E-state index is 9.49. The Morgan fingerprint density at radius 2 is 1.75 bits per heavy atom. The van der Waals surface area contributed by atoms with Crippen LogP contribution in [0, 0.1) is 5.92 Å². The van der Waals surface area contributed by atoms with Gasteiger partial charge in [-0.3, -0.25) is 0 Å². The summed E-state index contributed by atoms with van der Waals surface area (Å²) in [6, 6.07) is 0. The zero-order valence-electron chi connectivity index (χ0n) is 10.6. The highest BCUT2D eigenvalue weighted by Gasteiger charge is 2.21. The lowest BCUT2D eigenvalue weighted by atomic mass is 9.92. The van der Waals surface area contributed by atoms with E-state index in [0.29, 0.717) is 12.5 Å². The van der Waals surface area contributed by atoms with Crippen molar-refractivity contribution in [2.24, 2.45) is 5.92 Å². The summed E-state index contributed by atoms with van der Waals surface area (Å²) in [5.74, 6) is 0.519. The van der Waals surface area contributed by atoms with Gasteiger partial charge >= 0.3 is 0 Å². The number of aliphatic hydroxyl groups is 2. The number of likely N-dealkylation sites (tertiary alicyclic amines) is 1. The van der Waals surface area contributed by atoms with Crippen LogP contribution in [0.4, 0.5) is 0 Å². The molecule has 0 amide bonds. The van der Waals surface area contributed by atoms with Gasteiger partial charge in [0, 0.05) is 6.61 Å². The molecule has 96 valence electrons. The van der Waals surface area contributed by atoms with Crippen LogP contribution in [0.15, 0.2) is 0 Å². The molecule has 3 nitrogen and oxygen atoms in total. The Morgan fingerprint density at radius 3 is 2.31 bits per heavy atom. The molecule has 1 fully saturated rings. The Balaban J connectivity index is 1.99. The van der Waals surface area contributed by atoms with Crippen molar-refractivity contribution in [1.29, 1.82) is 0 Å². The van der Waals surface area contributed by atoms with Gasteiger partial charge in [0.1, 0.15) is 0 Å². The number of unbranched alkanes of at least 4 members (excludes halogenated alkanes) is 3. The average molecular weight is 229 g/mol. The van der Waals surface area contributed by atoms with Gasteiger partial charge in [0.05, 0.1) is 6.10 Å². The van der Waals surface area contributed by atoms with Crippen molar-refractivity contribution in [2.45, 2.75) is 51.6 Å². The predicted molar refractivity (Wildman–Crippen MR) is 66.4 cm³/mol.